The summed E-state index contributed by atoms with van der Waals surface area (Å²) in [6, 6.07) is -0.748. The topological polar surface area (TPSA) is 98.2 Å². The Morgan fingerprint density at radius 3 is 2.31 bits per heavy atom. The molecule has 1 saturated carbocycles. The van der Waals surface area contributed by atoms with Crippen LogP contribution in [-0.4, -0.2) is 18.0 Å². The molecule has 0 spiro atoms. The van der Waals surface area contributed by atoms with Crippen molar-refractivity contribution in [3.63, 3.8) is 0 Å². The second kappa shape index (κ2) is 4.11. The highest BCUT2D eigenvalue weighted by molar-refractivity contribution is 5.79. The maximum absolute atomic E-state index is 11.0. The molecule has 1 fully saturated rings. The van der Waals surface area contributed by atoms with Gasteiger partial charge in [-0.1, -0.05) is 12.8 Å². The van der Waals surface area contributed by atoms with E-state index in [4.69, 9.17) is 11.5 Å². The van der Waals surface area contributed by atoms with Crippen molar-refractivity contribution in [3.05, 3.63) is 0 Å². The molecule has 0 bridgehead atoms. The average Bonchev–Trinajstić information content (AvgIpc) is 2.03. The van der Waals surface area contributed by atoms with Gasteiger partial charge >= 0.3 is 6.03 Å². The van der Waals surface area contributed by atoms with Crippen molar-refractivity contribution in [1.29, 1.82) is 0 Å². The fraction of sp³-hybridized carbons (Fsp3) is 0.750. The largest absolute Gasteiger partial charge is 0.369 e. The molecule has 13 heavy (non-hydrogen) atoms. The number of carbonyl (C=O) groups excluding carboxylic acids is 2. The molecule has 5 N–H and O–H groups in total. The van der Waals surface area contributed by atoms with Gasteiger partial charge in [0.2, 0.25) is 5.91 Å². The van der Waals surface area contributed by atoms with Crippen LogP contribution in [-0.2, 0) is 4.79 Å². The summed E-state index contributed by atoms with van der Waals surface area (Å²) >= 11 is 0. The van der Waals surface area contributed by atoms with E-state index in [1.165, 1.54) is 0 Å². The number of nitrogens with one attached hydrogen (secondary N) is 1. The molecule has 1 aliphatic carbocycles. The maximum Gasteiger partial charge on any atom is 0.312 e. The summed E-state index contributed by atoms with van der Waals surface area (Å²) in [7, 11) is 0. The molecular formula is C8H15N3O2. The summed E-state index contributed by atoms with van der Waals surface area (Å²) in [5, 5.41) is 2.55. The molecule has 0 radical (unpaired) electrons. The van der Waals surface area contributed by atoms with Gasteiger partial charge < -0.3 is 16.8 Å². The van der Waals surface area contributed by atoms with E-state index in [0.717, 1.165) is 25.7 Å². The third-order valence-corrected chi connectivity index (χ3v) is 2.46. The van der Waals surface area contributed by atoms with Gasteiger partial charge in [-0.15, -0.1) is 0 Å². The normalized spacial score (nSPS) is 28.0. The molecule has 1 rings (SSSR count). The lowest BCUT2D eigenvalue weighted by Gasteiger charge is -2.29. The van der Waals surface area contributed by atoms with Gasteiger partial charge in [0.15, 0.2) is 0 Å². The number of primary amides is 2. The highest BCUT2D eigenvalue weighted by Crippen LogP contribution is 2.23. The van der Waals surface area contributed by atoms with Crippen molar-refractivity contribution in [2.75, 3.05) is 0 Å². The minimum Gasteiger partial charge on any atom is -0.369 e. The molecule has 3 amide bonds. The minimum atomic E-state index is -0.585. The summed E-state index contributed by atoms with van der Waals surface area (Å²) in [6.07, 6.45) is 3.54. The third kappa shape index (κ3) is 2.61. The molecule has 1 aliphatic rings. The van der Waals surface area contributed by atoms with Gasteiger partial charge in [-0.25, -0.2) is 4.79 Å². The fourth-order valence-electron chi connectivity index (χ4n) is 1.83. The van der Waals surface area contributed by atoms with Gasteiger partial charge in [0, 0.05) is 6.04 Å². The second-order valence-electron chi connectivity index (χ2n) is 3.41. The quantitative estimate of drug-likeness (QED) is 0.550. The first-order chi connectivity index (χ1) is 6.11. The van der Waals surface area contributed by atoms with E-state index in [-0.39, 0.29) is 17.9 Å². The molecule has 0 heterocycles. The van der Waals surface area contributed by atoms with Crippen LogP contribution >= 0.6 is 0 Å². The minimum absolute atomic E-state index is 0.163. The van der Waals surface area contributed by atoms with Crippen LogP contribution in [0.1, 0.15) is 25.7 Å². The zero-order chi connectivity index (χ0) is 9.84. The molecule has 0 aromatic carbocycles. The zero-order valence-corrected chi connectivity index (χ0v) is 7.45. The maximum atomic E-state index is 11.0. The Balaban J connectivity index is 2.56. The number of hydrogen-bond acceptors (Lipinski definition) is 2. The Bertz CT molecular complexity index is 217. The van der Waals surface area contributed by atoms with E-state index in [0.29, 0.717) is 0 Å². The number of nitrogens with two attached hydrogens (primary N) is 2. The molecule has 0 aliphatic heterocycles. The summed E-state index contributed by atoms with van der Waals surface area (Å²) in [6.45, 7) is 0. The first kappa shape index (κ1) is 9.83. The Hall–Kier alpha value is -1.26. The van der Waals surface area contributed by atoms with Gasteiger partial charge in [0.05, 0.1) is 5.92 Å². The molecular weight excluding hydrogens is 170 g/mol. The molecule has 2 atom stereocenters. The predicted molar refractivity (Wildman–Crippen MR) is 47.7 cm³/mol. The summed E-state index contributed by atoms with van der Waals surface area (Å²) in [5.74, 6) is -0.597. The number of carbonyl (C=O) groups is 2. The first-order valence-electron chi connectivity index (χ1n) is 4.46. The summed E-state index contributed by atoms with van der Waals surface area (Å²) in [4.78, 5) is 21.6. The molecule has 0 saturated heterocycles. The number of urea groups is 1. The third-order valence-electron chi connectivity index (χ3n) is 2.46. The van der Waals surface area contributed by atoms with Crippen molar-refractivity contribution < 1.29 is 9.59 Å². The van der Waals surface area contributed by atoms with Crippen LogP contribution < -0.4 is 16.8 Å². The highest BCUT2D eigenvalue weighted by atomic mass is 16.2. The van der Waals surface area contributed by atoms with E-state index in [1.807, 2.05) is 0 Å². The molecule has 5 nitrogen and oxygen atoms in total. The Kier molecular flexibility index (Phi) is 3.11. The molecule has 0 aromatic heterocycles. The molecule has 0 aromatic rings. The number of hydrogen-bond donors (Lipinski definition) is 3. The Morgan fingerprint density at radius 1 is 1.15 bits per heavy atom. The van der Waals surface area contributed by atoms with Crippen LogP contribution in [0.4, 0.5) is 4.79 Å². The smallest absolute Gasteiger partial charge is 0.312 e. The zero-order valence-electron chi connectivity index (χ0n) is 7.45. The van der Waals surface area contributed by atoms with Crippen LogP contribution in [0.3, 0.4) is 0 Å². The predicted octanol–water partition coefficient (Wildman–Crippen LogP) is -0.301. The standard InChI is InChI=1S/C8H15N3O2/c9-7(12)5-3-1-2-4-6(5)11-8(10)13/h5-6H,1-4H2,(H2,9,12)(H3,10,11,13). The van der Waals surface area contributed by atoms with Gasteiger partial charge in [0.1, 0.15) is 0 Å². The monoisotopic (exact) mass is 185 g/mol. The van der Waals surface area contributed by atoms with E-state index in [1.54, 1.807) is 0 Å². The molecule has 5 heteroatoms. The average molecular weight is 185 g/mol. The van der Waals surface area contributed by atoms with Crippen molar-refractivity contribution in [2.45, 2.75) is 31.7 Å². The molecule has 2 unspecified atom stereocenters. The van der Waals surface area contributed by atoms with Crippen LogP contribution in [0.25, 0.3) is 0 Å². The van der Waals surface area contributed by atoms with Crippen molar-refractivity contribution in [2.24, 2.45) is 17.4 Å². The van der Waals surface area contributed by atoms with E-state index in [2.05, 4.69) is 5.32 Å². The SMILES string of the molecule is NC(=O)NC1CCCCC1C(N)=O. The van der Waals surface area contributed by atoms with E-state index in [9.17, 15) is 9.59 Å². The summed E-state index contributed by atoms with van der Waals surface area (Å²) < 4.78 is 0. The van der Waals surface area contributed by atoms with E-state index >= 15 is 0 Å². The molecule has 74 valence electrons. The number of rotatable bonds is 2. The van der Waals surface area contributed by atoms with Crippen molar-refractivity contribution >= 4 is 11.9 Å². The van der Waals surface area contributed by atoms with Gasteiger partial charge in [-0.2, -0.15) is 0 Å². The number of amides is 3. The van der Waals surface area contributed by atoms with Gasteiger partial charge in [0.25, 0.3) is 0 Å². The lowest BCUT2D eigenvalue weighted by Crippen LogP contribution is -2.48. The van der Waals surface area contributed by atoms with Crippen LogP contribution in [0.15, 0.2) is 0 Å². The first-order valence-corrected chi connectivity index (χ1v) is 4.46. The summed E-state index contributed by atoms with van der Waals surface area (Å²) in [5.41, 5.74) is 10.2. The van der Waals surface area contributed by atoms with Crippen molar-refractivity contribution in [3.8, 4) is 0 Å². The fourth-order valence-corrected chi connectivity index (χ4v) is 1.83. The van der Waals surface area contributed by atoms with Crippen LogP contribution in [0.2, 0.25) is 0 Å². The van der Waals surface area contributed by atoms with Crippen LogP contribution in [0.5, 0.6) is 0 Å². The van der Waals surface area contributed by atoms with Gasteiger partial charge in [-0.05, 0) is 12.8 Å². The second-order valence-corrected chi connectivity index (χ2v) is 3.41. The Labute approximate surface area is 76.8 Å². The van der Waals surface area contributed by atoms with Gasteiger partial charge in [-0.3, -0.25) is 4.79 Å². The Morgan fingerprint density at radius 2 is 1.77 bits per heavy atom. The van der Waals surface area contributed by atoms with Crippen LogP contribution in [0, 0.1) is 5.92 Å². The lowest BCUT2D eigenvalue weighted by molar-refractivity contribution is -0.123. The van der Waals surface area contributed by atoms with E-state index < -0.39 is 6.03 Å². The lowest BCUT2D eigenvalue weighted by atomic mass is 9.84. The van der Waals surface area contributed by atoms with Crippen molar-refractivity contribution in [1.82, 2.24) is 5.32 Å². The highest BCUT2D eigenvalue weighted by Gasteiger charge is 2.29.